The van der Waals surface area contributed by atoms with Crippen LogP contribution < -0.4 is 5.73 Å². The summed E-state index contributed by atoms with van der Waals surface area (Å²) in [5, 5.41) is 4.51. The van der Waals surface area contributed by atoms with Gasteiger partial charge in [0.25, 0.3) is 0 Å². The van der Waals surface area contributed by atoms with Crippen LogP contribution in [0.25, 0.3) is 0 Å². The van der Waals surface area contributed by atoms with Crippen LogP contribution in [0.3, 0.4) is 0 Å². The third-order valence-electron chi connectivity index (χ3n) is 2.47. The van der Waals surface area contributed by atoms with E-state index < -0.39 is 0 Å². The monoisotopic (exact) mass is 197 g/mol. The highest BCUT2D eigenvalue weighted by Crippen LogP contribution is 2.26. The van der Waals surface area contributed by atoms with Crippen LogP contribution in [-0.4, -0.2) is 22.1 Å². The van der Waals surface area contributed by atoms with E-state index >= 15 is 0 Å². The Hall–Kier alpha value is -0.480. The minimum Gasteiger partial charge on any atom is -0.330 e. The molecule has 2 N–H and O–H groups in total. The highest BCUT2D eigenvalue weighted by atomic mass is 32.2. The molecule has 0 bridgehead atoms. The first kappa shape index (κ1) is 9.09. The highest BCUT2D eigenvalue weighted by molar-refractivity contribution is 7.98. The fraction of sp³-hybridized carbons (Fsp3) is 0.667. The molecule has 0 spiro atoms. The Morgan fingerprint density at radius 1 is 1.62 bits per heavy atom. The van der Waals surface area contributed by atoms with Crippen LogP contribution in [0.1, 0.15) is 17.0 Å². The molecule has 1 aliphatic rings. The van der Waals surface area contributed by atoms with Gasteiger partial charge in [-0.1, -0.05) is 0 Å². The molecule has 0 atom stereocenters. The molecule has 13 heavy (non-hydrogen) atoms. The lowest BCUT2D eigenvalue weighted by Gasteiger charge is -2.10. The predicted octanol–water partition coefficient (Wildman–Crippen LogP) is 0.711. The summed E-state index contributed by atoms with van der Waals surface area (Å²) in [5.74, 6) is 2.31. The van der Waals surface area contributed by atoms with E-state index in [0.717, 1.165) is 18.7 Å². The summed E-state index contributed by atoms with van der Waals surface area (Å²) in [7, 11) is 2.02. The minimum atomic E-state index is 0.721. The second kappa shape index (κ2) is 3.72. The molecule has 0 unspecified atom stereocenters. The maximum atomic E-state index is 5.58. The fourth-order valence-electron chi connectivity index (χ4n) is 1.86. The number of aryl methyl sites for hydroxylation is 1. The number of nitrogens with zero attached hydrogens (tertiary/aromatic N) is 2. The van der Waals surface area contributed by atoms with E-state index in [4.69, 9.17) is 5.73 Å². The lowest BCUT2D eigenvalue weighted by molar-refractivity contribution is 0.698. The number of thioether (sulfide) groups is 1. The Labute approximate surface area is 82.7 Å². The van der Waals surface area contributed by atoms with Crippen LogP contribution in [0.5, 0.6) is 0 Å². The van der Waals surface area contributed by atoms with Crippen molar-refractivity contribution in [3.63, 3.8) is 0 Å². The molecule has 0 saturated carbocycles. The van der Waals surface area contributed by atoms with E-state index in [1.54, 1.807) is 0 Å². The summed E-state index contributed by atoms with van der Waals surface area (Å²) in [6.45, 7) is 0.721. The van der Waals surface area contributed by atoms with Crippen molar-refractivity contribution in [2.75, 3.05) is 12.3 Å². The first-order valence-corrected chi connectivity index (χ1v) is 5.80. The molecular formula is C9H15N3S. The number of nitrogens with two attached hydrogens (primary N) is 1. The van der Waals surface area contributed by atoms with Gasteiger partial charge in [-0.05, 0) is 24.3 Å². The molecule has 0 aromatic carbocycles. The van der Waals surface area contributed by atoms with E-state index in [-0.39, 0.29) is 0 Å². The number of hydrogen-bond acceptors (Lipinski definition) is 3. The number of rotatable bonds is 2. The van der Waals surface area contributed by atoms with Gasteiger partial charge in [-0.3, -0.25) is 4.68 Å². The van der Waals surface area contributed by atoms with Crippen molar-refractivity contribution in [3.05, 3.63) is 17.0 Å². The number of fused-ring (bicyclic) bond motifs is 1. The second-order valence-corrected chi connectivity index (χ2v) is 4.44. The summed E-state index contributed by atoms with van der Waals surface area (Å²) < 4.78 is 2.00. The second-order valence-electron chi connectivity index (χ2n) is 3.34. The quantitative estimate of drug-likeness (QED) is 0.759. The van der Waals surface area contributed by atoms with E-state index in [0.29, 0.717) is 0 Å². The van der Waals surface area contributed by atoms with E-state index in [1.165, 1.54) is 29.1 Å². The Kier molecular flexibility index (Phi) is 2.60. The van der Waals surface area contributed by atoms with Gasteiger partial charge in [-0.15, -0.1) is 0 Å². The van der Waals surface area contributed by atoms with Gasteiger partial charge in [0, 0.05) is 24.9 Å². The average Bonchev–Trinajstić information content (AvgIpc) is 2.44. The van der Waals surface area contributed by atoms with Gasteiger partial charge in [0.1, 0.15) is 0 Å². The lowest BCUT2D eigenvalue weighted by atomic mass is 10.1. The maximum absolute atomic E-state index is 5.58. The summed E-state index contributed by atoms with van der Waals surface area (Å²) >= 11 is 1.97. The van der Waals surface area contributed by atoms with Crippen molar-refractivity contribution in [1.82, 2.24) is 9.78 Å². The Bertz CT molecular complexity index is 306. The molecule has 0 saturated heterocycles. The molecule has 3 nitrogen and oxygen atoms in total. The maximum Gasteiger partial charge on any atom is 0.0758 e. The molecule has 2 heterocycles. The Morgan fingerprint density at radius 2 is 2.46 bits per heavy atom. The number of aromatic nitrogens is 2. The van der Waals surface area contributed by atoms with E-state index in [1.807, 2.05) is 23.5 Å². The molecule has 1 aromatic rings. The van der Waals surface area contributed by atoms with Gasteiger partial charge in [0.05, 0.1) is 5.69 Å². The van der Waals surface area contributed by atoms with Crippen molar-refractivity contribution in [1.29, 1.82) is 0 Å². The molecule has 0 radical (unpaired) electrons. The summed E-state index contributed by atoms with van der Waals surface area (Å²) in [4.78, 5) is 0. The molecule has 1 aliphatic heterocycles. The zero-order chi connectivity index (χ0) is 9.26. The van der Waals surface area contributed by atoms with Crippen LogP contribution in [0, 0.1) is 0 Å². The summed E-state index contributed by atoms with van der Waals surface area (Å²) in [5.41, 5.74) is 9.66. The van der Waals surface area contributed by atoms with Gasteiger partial charge >= 0.3 is 0 Å². The molecule has 0 amide bonds. The average molecular weight is 197 g/mol. The highest BCUT2D eigenvalue weighted by Gasteiger charge is 2.18. The topological polar surface area (TPSA) is 43.8 Å². The number of hydrogen-bond donors (Lipinski definition) is 1. The van der Waals surface area contributed by atoms with Gasteiger partial charge < -0.3 is 5.73 Å². The Balaban J connectivity index is 2.36. The standard InChI is InChI=1S/C9H15N3S/c1-12-9(2-4-10)7-3-5-13-6-8(7)11-12/h2-6,10H2,1H3. The van der Waals surface area contributed by atoms with Crippen molar-refractivity contribution < 1.29 is 0 Å². The molecule has 0 aliphatic carbocycles. The Morgan fingerprint density at radius 3 is 3.23 bits per heavy atom. The van der Waals surface area contributed by atoms with Crippen molar-refractivity contribution in [2.45, 2.75) is 18.6 Å². The van der Waals surface area contributed by atoms with Crippen molar-refractivity contribution in [3.8, 4) is 0 Å². The normalized spacial score (nSPS) is 15.8. The molecule has 72 valence electrons. The van der Waals surface area contributed by atoms with Crippen molar-refractivity contribution >= 4 is 11.8 Å². The summed E-state index contributed by atoms with van der Waals surface area (Å²) in [6.07, 6.45) is 2.13. The van der Waals surface area contributed by atoms with Gasteiger partial charge in [-0.25, -0.2) is 0 Å². The predicted molar refractivity (Wildman–Crippen MR) is 55.8 cm³/mol. The largest absolute Gasteiger partial charge is 0.330 e. The first-order chi connectivity index (χ1) is 6.33. The van der Waals surface area contributed by atoms with E-state index in [2.05, 4.69) is 5.10 Å². The van der Waals surface area contributed by atoms with Crippen LogP contribution >= 0.6 is 11.8 Å². The molecule has 0 fully saturated rings. The van der Waals surface area contributed by atoms with Gasteiger partial charge in [0.2, 0.25) is 0 Å². The van der Waals surface area contributed by atoms with Crippen LogP contribution in [0.4, 0.5) is 0 Å². The SMILES string of the molecule is Cn1nc2c(c1CCN)CCSC2. The van der Waals surface area contributed by atoms with Crippen LogP contribution in [0.15, 0.2) is 0 Å². The smallest absolute Gasteiger partial charge is 0.0758 e. The third-order valence-corrected chi connectivity index (χ3v) is 3.44. The molecule has 2 rings (SSSR count). The van der Waals surface area contributed by atoms with E-state index in [9.17, 15) is 0 Å². The minimum absolute atomic E-state index is 0.721. The molecular weight excluding hydrogens is 182 g/mol. The van der Waals surface area contributed by atoms with Crippen LogP contribution in [0.2, 0.25) is 0 Å². The van der Waals surface area contributed by atoms with Gasteiger partial charge in [-0.2, -0.15) is 16.9 Å². The molecule has 4 heteroatoms. The zero-order valence-electron chi connectivity index (χ0n) is 7.92. The van der Waals surface area contributed by atoms with Crippen molar-refractivity contribution in [2.24, 2.45) is 12.8 Å². The zero-order valence-corrected chi connectivity index (χ0v) is 8.73. The van der Waals surface area contributed by atoms with Gasteiger partial charge in [0.15, 0.2) is 0 Å². The lowest BCUT2D eigenvalue weighted by Crippen LogP contribution is -2.10. The third kappa shape index (κ3) is 1.60. The van der Waals surface area contributed by atoms with Crippen LogP contribution in [-0.2, 0) is 25.6 Å². The fourth-order valence-corrected chi connectivity index (χ4v) is 2.78. The molecule has 1 aromatic heterocycles. The first-order valence-electron chi connectivity index (χ1n) is 4.64. The summed E-state index contributed by atoms with van der Waals surface area (Å²) in [6, 6.07) is 0.